The molecule has 1 spiro atoms. The lowest BCUT2D eigenvalue weighted by Gasteiger charge is -2.51. The maximum atomic E-state index is 11.4. The SMILES string of the molecule is CC(=O)N[C@H]1COC2(CCN(Cc3nc4c(s3)CCCC4)CC2)C[C@]1(C)O. The number of likely N-dealkylation sites (tertiary alicyclic amines) is 1. The zero-order valence-electron chi connectivity index (χ0n) is 16.4. The molecule has 4 rings (SSSR count). The van der Waals surface area contributed by atoms with Crippen molar-refractivity contribution in [1.82, 2.24) is 15.2 Å². The summed E-state index contributed by atoms with van der Waals surface area (Å²) < 4.78 is 6.21. The van der Waals surface area contributed by atoms with Gasteiger partial charge in [-0.15, -0.1) is 11.3 Å². The van der Waals surface area contributed by atoms with Crippen molar-refractivity contribution in [2.45, 2.75) is 82.6 Å². The Balaban J connectivity index is 1.33. The van der Waals surface area contributed by atoms with E-state index >= 15 is 0 Å². The van der Waals surface area contributed by atoms with Crippen LogP contribution in [0.5, 0.6) is 0 Å². The van der Waals surface area contributed by atoms with Crippen molar-refractivity contribution < 1.29 is 14.6 Å². The lowest BCUT2D eigenvalue weighted by molar-refractivity contribution is -0.189. The van der Waals surface area contributed by atoms with Crippen LogP contribution in [0.1, 0.15) is 61.5 Å². The van der Waals surface area contributed by atoms with Crippen molar-refractivity contribution >= 4 is 17.2 Å². The fourth-order valence-corrected chi connectivity index (χ4v) is 6.01. The molecule has 1 aliphatic carbocycles. The Bertz CT molecular complexity index is 671. The second-order valence-corrected chi connectivity index (χ2v) is 9.91. The van der Waals surface area contributed by atoms with Crippen LogP contribution in [0.25, 0.3) is 0 Å². The molecule has 27 heavy (non-hydrogen) atoms. The molecule has 3 heterocycles. The van der Waals surface area contributed by atoms with Crippen LogP contribution in [0.2, 0.25) is 0 Å². The van der Waals surface area contributed by atoms with E-state index in [2.05, 4.69) is 10.2 Å². The van der Waals surface area contributed by atoms with E-state index in [1.165, 1.54) is 41.8 Å². The molecule has 3 aliphatic rings. The van der Waals surface area contributed by atoms with E-state index in [-0.39, 0.29) is 17.6 Å². The summed E-state index contributed by atoms with van der Waals surface area (Å²) in [5.41, 5.74) is 0.141. The number of carbonyl (C=O) groups excluding carboxylic acids is 1. The van der Waals surface area contributed by atoms with Gasteiger partial charge in [0.05, 0.1) is 36.1 Å². The summed E-state index contributed by atoms with van der Waals surface area (Å²) in [5.74, 6) is -0.124. The molecule has 6 nitrogen and oxygen atoms in total. The Morgan fingerprint density at radius 3 is 2.78 bits per heavy atom. The van der Waals surface area contributed by atoms with Gasteiger partial charge >= 0.3 is 0 Å². The molecule has 2 atom stereocenters. The highest BCUT2D eigenvalue weighted by Gasteiger charge is 2.49. The molecule has 0 aromatic carbocycles. The van der Waals surface area contributed by atoms with Gasteiger partial charge in [-0.3, -0.25) is 9.69 Å². The average molecular weight is 394 g/mol. The summed E-state index contributed by atoms with van der Waals surface area (Å²) in [6.45, 7) is 6.54. The maximum Gasteiger partial charge on any atom is 0.217 e. The minimum absolute atomic E-state index is 0.124. The number of amides is 1. The van der Waals surface area contributed by atoms with E-state index in [1.54, 1.807) is 0 Å². The zero-order valence-corrected chi connectivity index (χ0v) is 17.2. The Kier molecular flexibility index (Phi) is 5.31. The smallest absolute Gasteiger partial charge is 0.217 e. The number of aryl methyl sites for hydroxylation is 2. The quantitative estimate of drug-likeness (QED) is 0.822. The molecule has 0 radical (unpaired) electrons. The van der Waals surface area contributed by atoms with Gasteiger partial charge in [0.25, 0.3) is 0 Å². The van der Waals surface area contributed by atoms with Gasteiger partial charge in [0.1, 0.15) is 5.01 Å². The highest BCUT2D eigenvalue weighted by molar-refractivity contribution is 7.11. The van der Waals surface area contributed by atoms with Crippen LogP contribution in [0, 0.1) is 0 Å². The molecule has 2 N–H and O–H groups in total. The number of fused-ring (bicyclic) bond motifs is 1. The van der Waals surface area contributed by atoms with E-state index in [9.17, 15) is 9.90 Å². The van der Waals surface area contributed by atoms with Gasteiger partial charge in [0, 0.05) is 31.3 Å². The van der Waals surface area contributed by atoms with E-state index in [4.69, 9.17) is 9.72 Å². The molecule has 0 bridgehead atoms. The lowest BCUT2D eigenvalue weighted by atomic mass is 9.75. The minimum atomic E-state index is -0.930. The fourth-order valence-electron chi connectivity index (χ4n) is 4.81. The number of thiazole rings is 1. The Morgan fingerprint density at radius 1 is 1.37 bits per heavy atom. The van der Waals surface area contributed by atoms with Crippen LogP contribution in [-0.4, -0.2) is 57.8 Å². The van der Waals surface area contributed by atoms with Crippen molar-refractivity contribution in [3.63, 3.8) is 0 Å². The van der Waals surface area contributed by atoms with Crippen molar-refractivity contribution in [3.8, 4) is 0 Å². The second kappa shape index (κ2) is 7.43. The number of ether oxygens (including phenoxy) is 1. The predicted molar refractivity (Wildman–Crippen MR) is 105 cm³/mol. The number of rotatable bonds is 3. The number of hydrogen-bond acceptors (Lipinski definition) is 6. The number of nitrogens with one attached hydrogen (secondary N) is 1. The predicted octanol–water partition coefficient (Wildman–Crippen LogP) is 2.03. The van der Waals surface area contributed by atoms with Crippen LogP contribution in [-0.2, 0) is 28.9 Å². The van der Waals surface area contributed by atoms with Crippen LogP contribution < -0.4 is 5.32 Å². The van der Waals surface area contributed by atoms with Gasteiger partial charge in [-0.1, -0.05) is 0 Å². The molecule has 2 saturated heterocycles. The highest BCUT2D eigenvalue weighted by atomic mass is 32.1. The van der Waals surface area contributed by atoms with E-state index in [0.29, 0.717) is 13.0 Å². The first-order valence-electron chi connectivity index (χ1n) is 10.2. The number of hydrogen-bond donors (Lipinski definition) is 2. The van der Waals surface area contributed by atoms with Gasteiger partial charge < -0.3 is 15.2 Å². The van der Waals surface area contributed by atoms with Gasteiger partial charge in [-0.05, 0) is 45.4 Å². The topological polar surface area (TPSA) is 74.7 Å². The fraction of sp³-hybridized carbons (Fsp3) is 0.800. The lowest BCUT2D eigenvalue weighted by Crippen LogP contribution is -2.63. The van der Waals surface area contributed by atoms with E-state index < -0.39 is 5.60 Å². The first kappa shape index (κ1) is 19.3. The van der Waals surface area contributed by atoms with Crippen molar-refractivity contribution in [3.05, 3.63) is 15.6 Å². The third-order valence-corrected chi connectivity index (χ3v) is 7.52. The molecular weight excluding hydrogens is 362 g/mol. The second-order valence-electron chi connectivity index (χ2n) is 8.74. The van der Waals surface area contributed by atoms with E-state index in [0.717, 1.165) is 38.9 Å². The average Bonchev–Trinajstić information content (AvgIpc) is 3.01. The minimum Gasteiger partial charge on any atom is -0.388 e. The molecule has 1 aromatic heterocycles. The summed E-state index contributed by atoms with van der Waals surface area (Å²) in [4.78, 5) is 20.2. The third-order valence-electron chi connectivity index (χ3n) is 6.38. The normalized spacial score (nSPS) is 30.9. The standard InChI is InChI=1S/C20H31N3O3S/c1-14(24)21-17-12-26-20(13-19(17,2)25)7-9-23(10-8-20)11-18-22-15-5-3-4-6-16(15)27-18/h17,25H,3-13H2,1-2H3,(H,21,24)/t17-,19-/m0/s1. The molecule has 1 aromatic rings. The maximum absolute atomic E-state index is 11.4. The first-order valence-corrected chi connectivity index (χ1v) is 11.0. The van der Waals surface area contributed by atoms with Gasteiger partial charge in [-0.25, -0.2) is 4.98 Å². The number of nitrogens with zero attached hydrogens (tertiary/aromatic N) is 2. The largest absolute Gasteiger partial charge is 0.388 e. The molecule has 2 aliphatic heterocycles. The Morgan fingerprint density at radius 2 is 2.11 bits per heavy atom. The Hall–Kier alpha value is -1.02. The number of aliphatic hydroxyl groups is 1. The highest BCUT2D eigenvalue weighted by Crippen LogP contribution is 2.40. The van der Waals surface area contributed by atoms with Crippen molar-refractivity contribution in [2.24, 2.45) is 0 Å². The van der Waals surface area contributed by atoms with Crippen LogP contribution >= 0.6 is 11.3 Å². The van der Waals surface area contributed by atoms with Crippen LogP contribution in [0.3, 0.4) is 0 Å². The summed E-state index contributed by atoms with van der Waals surface area (Å²) >= 11 is 1.90. The third kappa shape index (κ3) is 4.21. The summed E-state index contributed by atoms with van der Waals surface area (Å²) in [5, 5.41) is 15.0. The van der Waals surface area contributed by atoms with E-state index in [1.807, 2.05) is 18.3 Å². The molecule has 0 saturated carbocycles. The molecular formula is C20H31N3O3S. The van der Waals surface area contributed by atoms with Gasteiger partial charge in [-0.2, -0.15) is 0 Å². The number of aromatic nitrogens is 1. The molecule has 150 valence electrons. The summed E-state index contributed by atoms with van der Waals surface area (Å²) in [6, 6.07) is -0.333. The molecule has 0 unspecified atom stereocenters. The summed E-state index contributed by atoms with van der Waals surface area (Å²) in [7, 11) is 0. The zero-order chi connectivity index (χ0) is 19.1. The van der Waals surface area contributed by atoms with Gasteiger partial charge in [0.2, 0.25) is 5.91 Å². The molecule has 2 fully saturated rings. The summed E-state index contributed by atoms with van der Waals surface area (Å²) in [6.07, 6.45) is 7.34. The Labute approximate surface area is 165 Å². The van der Waals surface area contributed by atoms with Crippen molar-refractivity contribution in [2.75, 3.05) is 19.7 Å². The number of piperidine rings is 1. The van der Waals surface area contributed by atoms with Crippen LogP contribution in [0.4, 0.5) is 0 Å². The first-order chi connectivity index (χ1) is 12.9. The molecule has 7 heteroatoms. The molecule has 1 amide bonds. The number of carbonyl (C=O) groups is 1. The van der Waals surface area contributed by atoms with Crippen molar-refractivity contribution in [1.29, 1.82) is 0 Å². The van der Waals surface area contributed by atoms with Crippen LogP contribution in [0.15, 0.2) is 0 Å². The monoisotopic (exact) mass is 393 g/mol. The van der Waals surface area contributed by atoms with Gasteiger partial charge in [0.15, 0.2) is 0 Å².